The largest absolute Gasteiger partial charge is 0.306 e. The van der Waals surface area contributed by atoms with Crippen molar-refractivity contribution in [3.8, 4) is 0 Å². The van der Waals surface area contributed by atoms with Crippen LogP contribution in [-0.4, -0.2) is 6.54 Å². The molecular formula is C13H12BrClFNS. The number of halogens is 3. The zero-order valence-electron chi connectivity index (χ0n) is 9.71. The number of rotatable bonds is 4. The van der Waals surface area contributed by atoms with E-state index >= 15 is 0 Å². The third-order valence-electron chi connectivity index (χ3n) is 2.57. The highest BCUT2D eigenvalue weighted by Gasteiger charge is 2.19. The summed E-state index contributed by atoms with van der Waals surface area (Å²) in [6.45, 7) is 2.75. The maximum Gasteiger partial charge on any atom is 0.128 e. The molecule has 0 amide bonds. The van der Waals surface area contributed by atoms with Gasteiger partial charge in [-0.25, -0.2) is 4.39 Å². The van der Waals surface area contributed by atoms with Crippen LogP contribution in [0, 0.1) is 5.82 Å². The lowest BCUT2D eigenvalue weighted by atomic mass is 10.0. The molecule has 0 saturated heterocycles. The van der Waals surface area contributed by atoms with Gasteiger partial charge in [0.1, 0.15) is 10.2 Å². The molecule has 1 unspecified atom stereocenters. The number of benzene rings is 1. The molecule has 1 aromatic carbocycles. The number of thiophene rings is 1. The van der Waals surface area contributed by atoms with E-state index in [2.05, 4.69) is 21.2 Å². The zero-order valence-corrected chi connectivity index (χ0v) is 12.9. The molecule has 0 saturated carbocycles. The molecule has 2 rings (SSSR count). The van der Waals surface area contributed by atoms with Gasteiger partial charge in [-0.2, -0.15) is 0 Å². The SMILES string of the molecule is CCNC(c1cc(Br)c(Cl)s1)c1ccccc1F. The van der Waals surface area contributed by atoms with E-state index in [1.54, 1.807) is 12.1 Å². The lowest BCUT2D eigenvalue weighted by Gasteiger charge is -2.17. The molecule has 18 heavy (non-hydrogen) atoms. The van der Waals surface area contributed by atoms with E-state index in [1.807, 2.05) is 19.1 Å². The molecule has 1 atom stereocenters. The Morgan fingerprint density at radius 2 is 2.17 bits per heavy atom. The van der Waals surface area contributed by atoms with E-state index in [0.717, 1.165) is 15.9 Å². The van der Waals surface area contributed by atoms with E-state index in [-0.39, 0.29) is 11.9 Å². The van der Waals surface area contributed by atoms with Crippen LogP contribution in [0.3, 0.4) is 0 Å². The van der Waals surface area contributed by atoms with Crippen molar-refractivity contribution in [1.29, 1.82) is 0 Å². The molecule has 96 valence electrons. The van der Waals surface area contributed by atoms with Gasteiger partial charge in [0.05, 0.1) is 6.04 Å². The molecule has 0 aliphatic carbocycles. The normalized spacial score (nSPS) is 12.7. The minimum atomic E-state index is -0.205. The Kier molecular flexibility index (Phi) is 4.78. The van der Waals surface area contributed by atoms with Crippen LogP contribution in [0.15, 0.2) is 34.8 Å². The van der Waals surface area contributed by atoms with Crippen LogP contribution >= 0.6 is 38.9 Å². The lowest BCUT2D eigenvalue weighted by Crippen LogP contribution is -2.22. The molecule has 0 fully saturated rings. The van der Waals surface area contributed by atoms with Gasteiger partial charge in [-0.05, 0) is 34.6 Å². The van der Waals surface area contributed by atoms with E-state index in [1.165, 1.54) is 17.4 Å². The van der Waals surface area contributed by atoms with Crippen molar-refractivity contribution in [2.45, 2.75) is 13.0 Å². The van der Waals surface area contributed by atoms with E-state index in [0.29, 0.717) is 9.90 Å². The summed E-state index contributed by atoms with van der Waals surface area (Å²) in [6.07, 6.45) is 0. The third-order valence-corrected chi connectivity index (χ3v) is 5.11. The summed E-state index contributed by atoms with van der Waals surface area (Å²) in [5.74, 6) is -0.205. The minimum absolute atomic E-state index is 0.162. The Bertz CT molecular complexity index is 524. The molecule has 0 spiro atoms. The van der Waals surface area contributed by atoms with Gasteiger partial charge in [0.25, 0.3) is 0 Å². The van der Waals surface area contributed by atoms with Crippen molar-refractivity contribution in [3.63, 3.8) is 0 Å². The highest BCUT2D eigenvalue weighted by atomic mass is 79.9. The van der Waals surface area contributed by atoms with Crippen LogP contribution < -0.4 is 5.32 Å². The quantitative estimate of drug-likeness (QED) is 0.819. The average molecular weight is 349 g/mol. The monoisotopic (exact) mass is 347 g/mol. The molecular weight excluding hydrogens is 337 g/mol. The van der Waals surface area contributed by atoms with Crippen molar-refractivity contribution >= 4 is 38.9 Å². The summed E-state index contributed by atoms with van der Waals surface area (Å²) in [7, 11) is 0. The molecule has 2 aromatic rings. The highest BCUT2D eigenvalue weighted by Crippen LogP contribution is 2.37. The fourth-order valence-corrected chi connectivity index (χ4v) is 3.61. The van der Waals surface area contributed by atoms with Crippen molar-refractivity contribution in [3.05, 3.63) is 55.4 Å². The van der Waals surface area contributed by atoms with Crippen LogP contribution in [0.25, 0.3) is 0 Å². The first kappa shape index (κ1) is 14.0. The second-order valence-corrected chi connectivity index (χ2v) is 6.32. The van der Waals surface area contributed by atoms with Gasteiger partial charge in [-0.1, -0.05) is 36.7 Å². The predicted molar refractivity (Wildman–Crippen MR) is 78.9 cm³/mol. The minimum Gasteiger partial charge on any atom is -0.306 e. The molecule has 1 heterocycles. The topological polar surface area (TPSA) is 12.0 Å². The number of nitrogens with one attached hydrogen (secondary N) is 1. The van der Waals surface area contributed by atoms with Gasteiger partial charge in [0, 0.05) is 14.9 Å². The summed E-state index contributed by atoms with van der Waals surface area (Å²) in [5, 5.41) is 3.29. The first-order valence-electron chi connectivity index (χ1n) is 5.56. The molecule has 1 nitrogen and oxygen atoms in total. The maximum absolute atomic E-state index is 13.9. The van der Waals surface area contributed by atoms with E-state index in [4.69, 9.17) is 11.6 Å². The maximum atomic E-state index is 13.9. The fourth-order valence-electron chi connectivity index (χ4n) is 1.78. The molecule has 0 radical (unpaired) electrons. The summed E-state index contributed by atoms with van der Waals surface area (Å²) < 4.78 is 15.4. The van der Waals surface area contributed by atoms with Gasteiger partial charge in [-0.3, -0.25) is 0 Å². The number of hydrogen-bond acceptors (Lipinski definition) is 2. The molecule has 0 aliphatic rings. The molecule has 5 heteroatoms. The Morgan fingerprint density at radius 3 is 2.72 bits per heavy atom. The Labute approximate surface area is 123 Å². The van der Waals surface area contributed by atoms with Crippen LogP contribution in [-0.2, 0) is 0 Å². The Balaban J connectivity index is 2.43. The van der Waals surface area contributed by atoms with Crippen LogP contribution in [0.5, 0.6) is 0 Å². The van der Waals surface area contributed by atoms with Gasteiger partial charge >= 0.3 is 0 Å². The molecule has 1 N–H and O–H groups in total. The third kappa shape index (κ3) is 2.94. The van der Waals surface area contributed by atoms with Crippen LogP contribution in [0.4, 0.5) is 4.39 Å². The second kappa shape index (κ2) is 6.15. The van der Waals surface area contributed by atoms with Gasteiger partial charge in [0.15, 0.2) is 0 Å². The smallest absolute Gasteiger partial charge is 0.128 e. The summed E-state index contributed by atoms with van der Waals surface area (Å²) in [6, 6.07) is 8.58. The van der Waals surface area contributed by atoms with Crippen LogP contribution in [0.2, 0.25) is 4.34 Å². The second-order valence-electron chi connectivity index (χ2n) is 3.78. The predicted octanol–water partition coefficient (Wildman–Crippen LogP) is 5.00. The van der Waals surface area contributed by atoms with E-state index < -0.39 is 0 Å². The summed E-state index contributed by atoms with van der Waals surface area (Å²) in [5.41, 5.74) is 0.643. The molecule has 0 aliphatic heterocycles. The lowest BCUT2D eigenvalue weighted by molar-refractivity contribution is 0.563. The fraction of sp³-hybridized carbons (Fsp3) is 0.231. The van der Waals surface area contributed by atoms with Crippen molar-refractivity contribution in [1.82, 2.24) is 5.32 Å². The molecule has 1 aromatic heterocycles. The van der Waals surface area contributed by atoms with E-state index in [9.17, 15) is 4.39 Å². The van der Waals surface area contributed by atoms with Gasteiger partial charge in [0.2, 0.25) is 0 Å². The molecule has 0 bridgehead atoms. The Hall–Kier alpha value is -0.420. The Morgan fingerprint density at radius 1 is 1.44 bits per heavy atom. The first-order valence-corrected chi connectivity index (χ1v) is 7.54. The highest BCUT2D eigenvalue weighted by molar-refractivity contribution is 9.10. The standard InChI is InChI=1S/C13H12BrClFNS/c1-2-17-12(8-5-3-4-6-10(8)16)11-7-9(14)13(15)18-11/h3-7,12,17H,2H2,1H3. The van der Waals surface area contributed by atoms with Gasteiger partial charge in [-0.15, -0.1) is 11.3 Å². The zero-order chi connectivity index (χ0) is 13.1. The van der Waals surface area contributed by atoms with Crippen LogP contribution in [0.1, 0.15) is 23.4 Å². The van der Waals surface area contributed by atoms with Crippen molar-refractivity contribution < 1.29 is 4.39 Å². The first-order chi connectivity index (χ1) is 8.63. The summed E-state index contributed by atoms with van der Waals surface area (Å²) >= 11 is 10.9. The van der Waals surface area contributed by atoms with Gasteiger partial charge < -0.3 is 5.32 Å². The van der Waals surface area contributed by atoms with Crippen molar-refractivity contribution in [2.24, 2.45) is 0 Å². The van der Waals surface area contributed by atoms with Crippen molar-refractivity contribution in [2.75, 3.05) is 6.54 Å². The number of hydrogen-bond donors (Lipinski definition) is 1. The summed E-state index contributed by atoms with van der Waals surface area (Å²) in [4.78, 5) is 0.999. The average Bonchev–Trinajstić information content (AvgIpc) is 2.68.